The average Bonchev–Trinajstić information content (AvgIpc) is 2.64. The van der Waals surface area contributed by atoms with E-state index >= 15 is 0 Å². The molecule has 0 bridgehead atoms. The van der Waals surface area contributed by atoms with Crippen LogP contribution in [-0.2, 0) is 10.5 Å². The summed E-state index contributed by atoms with van der Waals surface area (Å²) >= 11 is 8.86. The van der Waals surface area contributed by atoms with Crippen LogP contribution in [0.5, 0.6) is 0 Å². The SMILES string of the molecule is C[C@H](CO)NC(=O)CSCc1ccc(Cl)s1. The monoisotopic (exact) mass is 279 g/mol. The van der Waals surface area contributed by atoms with Crippen molar-refractivity contribution in [1.29, 1.82) is 0 Å². The van der Waals surface area contributed by atoms with Crippen molar-refractivity contribution >= 4 is 40.6 Å². The minimum Gasteiger partial charge on any atom is -0.394 e. The number of carbonyl (C=O) groups excluding carboxylic acids is 1. The molecular weight excluding hydrogens is 266 g/mol. The molecule has 0 aliphatic heterocycles. The van der Waals surface area contributed by atoms with Crippen molar-refractivity contribution in [1.82, 2.24) is 5.32 Å². The van der Waals surface area contributed by atoms with Crippen molar-refractivity contribution in [3.8, 4) is 0 Å². The number of thiophene rings is 1. The average molecular weight is 280 g/mol. The molecule has 0 aromatic carbocycles. The maximum Gasteiger partial charge on any atom is 0.230 e. The quantitative estimate of drug-likeness (QED) is 0.839. The highest BCUT2D eigenvalue weighted by Crippen LogP contribution is 2.24. The molecule has 6 heteroatoms. The van der Waals surface area contributed by atoms with Gasteiger partial charge in [0.05, 0.1) is 16.7 Å². The lowest BCUT2D eigenvalue weighted by atomic mass is 10.4. The van der Waals surface area contributed by atoms with Crippen LogP contribution < -0.4 is 5.32 Å². The second-order valence-electron chi connectivity index (χ2n) is 3.35. The summed E-state index contributed by atoms with van der Waals surface area (Å²) in [5.74, 6) is 1.15. The molecule has 2 N–H and O–H groups in total. The fraction of sp³-hybridized carbons (Fsp3) is 0.500. The lowest BCUT2D eigenvalue weighted by molar-refractivity contribution is -0.119. The highest BCUT2D eigenvalue weighted by molar-refractivity contribution is 7.99. The smallest absolute Gasteiger partial charge is 0.230 e. The standard InChI is InChI=1S/C10H14ClNO2S2/c1-7(4-13)12-10(14)6-15-5-8-2-3-9(11)16-8/h2-3,7,13H,4-6H2,1H3,(H,12,14)/t7-/m1/s1. The Kier molecular flexibility index (Phi) is 6.20. The van der Waals surface area contributed by atoms with Crippen molar-refractivity contribution in [2.24, 2.45) is 0 Å². The zero-order valence-corrected chi connectivity index (χ0v) is 11.3. The van der Waals surface area contributed by atoms with Gasteiger partial charge in [-0.1, -0.05) is 11.6 Å². The van der Waals surface area contributed by atoms with E-state index in [2.05, 4.69) is 5.32 Å². The van der Waals surface area contributed by atoms with Gasteiger partial charge in [-0.2, -0.15) is 0 Å². The van der Waals surface area contributed by atoms with Gasteiger partial charge in [0, 0.05) is 16.7 Å². The first-order valence-corrected chi connectivity index (χ1v) is 7.19. The number of thioether (sulfide) groups is 1. The molecule has 90 valence electrons. The summed E-state index contributed by atoms with van der Waals surface area (Å²) in [7, 11) is 0. The van der Waals surface area contributed by atoms with Gasteiger partial charge >= 0.3 is 0 Å². The fourth-order valence-corrected chi connectivity index (χ4v) is 3.07. The molecule has 3 nitrogen and oxygen atoms in total. The minimum atomic E-state index is -0.177. The summed E-state index contributed by atoms with van der Waals surface area (Å²) < 4.78 is 0.772. The predicted molar refractivity (Wildman–Crippen MR) is 70.2 cm³/mol. The zero-order valence-electron chi connectivity index (χ0n) is 8.90. The predicted octanol–water partition coefficient (Wildman–Crippen LogP) is 2.13. The van der Waals surface area contributed by atoms with Crippen LogP contribution in [0.3, 0.4) is 0 Å². The number of aliphatic hydroxyl groups is 1. The maximum absolute atomic E-state index is 11.3. The molecule has 1 atom stereocenters. The molecule has 16 heavy (non-hydrogen) atoms. The van der Waals surface area contributed by atoms with E-state index in [9.17, 15) is 4.79 Å². The Morgan fingerprint density at radius 1 is 1.69 bits per heavy atom. The lowest BCUT2D eigenvalue weighted by Crippen LogP contribution is -2.36. The molecule has 0 saturated carbocycles. The van der Waals surface area contributed by atoms with Gasteiger partial charge in [0.2, 0.25) is 5.91 Å². The van der Waals surface area contributed by atoms with Gasteiger partial charge in [0.15, 0.2) is 0 Å². The van der Waals surface area contributed by atoms with Crippen LogP contribution in [-0.4, -0.2) is 29.4 Å². The molecule has 1 rings (SSSR count). The number of halogens is 1. The molecule has 1 aromatic heterocycles. The summed E-state index contributed by atoms with van der Waals surface area (Å²) in [6, 6.07) is 3.65. The first-order chi connectivity index (χ1) is 7.61. The van der Waals surface area contributed by atoms with E-state index in [1.54, 1.807) is 6.92 Å². The van der Waals surface area contributed by atoms with Crippen LogP contribution in [0.2, 0.25) is 4.34 Å². The van der Waals surface area contributed by atoms with Crippen LogP contribution >= 0.6 is 34.7 Å². The maximum atomic E-state index is 11.3. The normalized spacial score (nSPS) is 12.4. The van der Waals surface area contributed by atoms with E-state index in [0.717, 1.165) is 15.0 Å². The van der Waals surface area contributed by atoms with Gasteiger partial charge in [-0.25, -0.2) is 0 Å². The lowest BCUT2D eigenvalue weighted by Gasteiger charge is -2.09. The number of amides is 1. The first-order valence-electron chi connectivity index (χ1n) is 4.84. The summed E-state index contributed by atoms with van der Waals surface area (Å²) in [5, 5.41) is 11.4. The van der Waals surface area contributed by atoms with E-state index in [0.29, 0.717) is 5.75 Å². The van der Waals surface area contributed by atoms with Gasteiger partial charge in [-0.3, -0.25) is 4.79 Å². The summed E-state index contributed by atoms with van der Waals surface area (Å²) in [5.41, 5.74) is 0. The van der Waals surface area contributed by atoms with E-state index < -0.39 is 0 Å². The molecule has 0 unspecified atom stereocenters. The molecule has 0 spiro atoms. The van der Waals surface area contributed by atoms with Gasteiger partial charge < -0.3 is 10.4 Å². The summed E-state index contributed by atoms with van der Waals surface area (Å²) in [6.45, 7) is 1.73. The van der Waals surface area contributed by atoms with Crippen LogP contribution in [0.1, 0.15) is 11.8 Å². The van der Waals surface area contributed by atoms with Gasteiger partial charge in [-0.05, 0) is 19.1 Å². The van der Waals surface area contributed by atoms with Gasteiger partial charge in [0.25, 0.3) is 0 Å². The minimum absolute atomic E-state index is 0.0308. The Bertz CT molecular complexity index is 343. The molecule has 0 fully saturated rings. The van der Waals surface area contributed by atoms with Crippen LogP contribution in [0.4, 0.5) is 0 Å². The third-order valence-corrected chi connectivity index (χ3v) is 4.18. The van der Waals surface area contributed by atoms with E-state index in [4.69, 9.17) is 16.7 Å². The number of carbonyl (C=O) groups is 1. The molecule has 0 aliphatic carbocycles. The number of hydrogen-bond donors (Lipinski definition) is 2. The molecule has 0 radical (unpaired) electrons. The second kappa shape index (κ2) is 7.17. The number of aliphatic hydroxyl groups excluding tert-OH is 1. The highest BCUT2D eigenvalue weighted by Gasteiger charge is 2.06. The topological polar surface area (TPSA) is 49.3 Å². The molecular formula is C10H14ClNO2S2. The largest absolute Gasteiger partial charge is 0.394 e. The van der Waals surface area contributed by atoms with Gasteiger partial charge in [-0.15, -0.1) is 23.1 Å². The van der Waals surface area contributed by atoms with E-state index in [1.807, 2.05) is 12.1 Å². The van der Waals surface area contributed by atoms with Crippen molar-refractivity contribution < 1.29 is 9.90 Å². The Balaban J connectivity index is 2.18. The Morgan fingerprint density at radius 2 is 2.44 bits per heavy atom. The first kappa shape index (κ1) is 13.8. The summed E-state index contributed by atoms with van der Waals surface area (Å²) in [6.07, 6.45) is 0. The molecule has 1 aromatic rings. The molecule has 1 amide bonds. The third kappa shape index (κ3) is 5.21. The van der Waals surface area contributed by atoms with Crippen molar-refractivity contribution in [2.45, 2.75) is 18.7 Å². The Hall–Kier alpha value is -0.230. The van der Waals surface area contributed by atoms with Crippen molar-refractivity contribution in [3.63, 3.8) is 0 Å². The number of nitrogens with one attached hydrogen (secondary N) is 1. The van der Waals surface area contributed by atoms with Crippen LogP contribution in [0.15, 0.2) is 12.1 Å². The molecule has 0 saturated heterocycles. The van der Waals surface area contributed by atoms with Gasteiger partial charge in [0.1, 0.15) is 0 Å². The number of hydrogen-bond acceptors (Lipinski definition) is 4. The van der Waals surface area contributed by atoms with Crippen LogP contribution in [0.25, 0.3) is 0 Å². The molecule has 0 aliphatic rings. The fourth-order valence-electron chi connectivity index (χ4n) is 1.04. The summed E-state index contributed by atoms with van der Waals surface area (Å²) in [4.78, 5) is 12.5. The van der Waals surface area contributed by atoms with E-state index in [1.165, 1.54) is 23.1 Å². The van der Waals surface area contributed by atoms with E-state index in [-0.39, 0.29) is 18.6 Å². The molecule has 1 heterocycles. The van der Waals surface area contributed by atoms with Crippen molar-refractivity contribution in [3.05, 3.63) is 21.3 Å². The van der Waals surface area contributed by atoms with Crippen molar-refractivity contribution in [2.75, 3.05) is 12.4 Å². The number of rotatable bonds is 6. The third-order valence-electron chi connectivity index (χ3n) is 1.79. The Labute approximate surface area is 108 Å². The zero-order chi connectivity index (χ0) is 12.0. The van der Waals surface area contributed by atoms with Crippen LogP contribution in [0, 0.1) is 0 Å². The second-order valence-corrected chi connectivity index (χ2v) is 6.13. The highest BCUT2D eigenvalue weighted by atomic mass is 35.5. The Morgan fingerprint density at radius 3 is 3.00 bits per heavy atom.